The fourth-order valence-electron chi connectivity index (χ4n) is 1.47. The summed E-state index contributed by atoms with van der Waals surface area (Å²) in [5.41, 5.74) is -0.892. The van der Waals surface area contributed by atoms with Crippen molar-refractivity contribution in [2.24, 2.45) is 0 Å². The fourth-order valence-corrected chi connectivity index (χ4v) is 1.47. The number of aliphatic hydroxyl groups excluding tert-OH is 1. The summed E-state index contributed by atoms with van der Waals surface area (Å²) in [7, 11) is 0. The van der Waals surface area contributed by atoms with Crippen LogP contribution in [0.2, 0.25) is 0 Å². The smallest absolute Gasteiger partial charge is 0.323 e. The molecule has 1 atom stereocenters. The summed E-state index contributed by atoms with van der Waals surface area (Å²) in [6.07, 6.45) is -0.262. The number of carboxylic acids is 1. The predicted molar refractivity (Wildman–Crippen MR) is 50.1 cm³/mol. The Morgan fingerprint density at radius 1 is 1.64 bits per heavy atom. The van der Waals surface area contributed by atoms with E-state index >= 15 is 0 Å². The summed E-state index contributed by atoms with van der Waals surface area (Å²) in [5.74, 6) is -0.851. The number of carbonyl (C=O) groups is 1. The van der Waals surface area contributed by atoms with Crippen LogP contribution < -0.4 is 0 Å². The standard InChI is InChI=1S/C9H17NO4/c1-9(2,8(12)13)10-3-4-14-7(5-10)6-11/h7,11H,3-6H2,1-2H3,(H,12,13). The molecule has 0 aromatic carbocycles. The minimum absolute atomic E-state index is 0.0633. The van der Waals surface area contributed by atoms with Crippen LogP contribution in [-0.4, -0.2) is 59.0 Å². The van der Waals surface area contributed by atoms with Crippen molar-refractivity contribution < 1.29 is 19.7 Å². The van der Waals surface area contributed by atoms with Gasteiger partial charge in [-0.15, -0.1) is 0 Å². The van der Waals surface area contributed by atoms with Crippen molar-refractivity contribution in [2.75, 3.05) is 26.3 Å². The van der Waals surface area contributed by atoms with Crippen LogP contribution in [0.25, 0.3) is 0 Å². The second-order valence-electron chi connectivity index (χ2n) is 3.99. The number of nitrogens with zero attached hydrogens (tertiary/aromatic N) is 1. The van der Waals surface area contributed by atoms with Gasteiger partial charge in [0, 0.05) is 13.1 Å². The molecule has 0 aliphatic carbocycles. The number of carboxylic acid groups (broad SMARTS) is 1. The maximum atomic E-state index is 11.0. The molecule has 0 amide bonds. The Balaban J connectivity index is 2.63. The van der Waals surface area contributed by atoms with Crippen LogP contribution in [0.1, 0.15) is 13.8 Å². The van der Waals surface area contributed by atoms with Crippen LogP contribution in [0, 0.1) is 0 Å². The van der Waals surface area contributed by atoms with Gasteiger partial charge in [0.1, 0.15) is 5.54 Å². The summed E-state index contributed by atoms with van der Waals surface area (Å²) in [4.78, 5) is 12.8. The molecular weight excluding hydrogens is 186 g/mol. The molecule has 2 N–H and O–H groups in total. The Morgan fingerprint density at radius 2 is 2.29 bits per heavy atom. The van der Waals surface area contributed by atoms with Crippen molar-refractivity contribution >= 4 is 5.97 Å². The van der Waals surface area contributed by atoms with Gasteiger partial charge >= 0.3 is 5.97 Å². The summed E-state index contributed by atoms with van der Waals surface area (Å²) in [6.45, 7) is 4.80. The highest BCUT2D eigenvalue weighted by Crippen LogP contribution is 2.18. The molecule has 5 heteroatoms. The molecule has 5 nitrogen and oxygen atoms in total. The van der Waals surface area contributed by atoms with Crippen molar-refractivity contribution in [3.05, 3.63) is 0 Å². The summed E-state index contributed by atoms with van der Waals surface area (Å²) < 4.78 is 5.25. The van der Waals surface area contributed by atoms with E-state index in [1.807, 2.05) is 4.90 Å². The van der Waals surface area contributed by atoms with Crippen molar-refractivity contribution in [1.82, 2.24) is 4.90 Å². The first-order chi connectivity index (χ1) is 6.48. The zero-order chi connectivity index (χ0) is 10.8. The van der Waals surface area contributed by atoms with E-state index in [0.717, 1.165) is 0 Å². The Kier molecular flexibility index (Phi) is 3.47. The van der Waals surface area contributed by atoms with Gasteiger partial charge < -0.3 is 14.9 Å². The first-order valence-electron chi connectivity index (χ1n) is 4.69. The average Bonchev–Trinajstić information content (AvgIpc) is 2.17. The number of ether oxygens (including phenoxy) is 1. The normalized spacial score (nSPS) is 24.9. The van der Waals surface area contributed by atoms with E-state index in [0.29, 0.717) is 19.7 Å². The van der Waals surface area contributed by atoms with Crippen molar-refractivity contribution in [3.8, 4) is 0 Å². The van der Waals surface area contributed by atoms with Crippen LogP contribution in [0.5, 0.6) is 0 Å². The van der Waals surface area contributed by atoms with Crippen LogP contribution in [0.3, 0.4) is 0 Å². The van der Waals surface area contributed by atoms with Gasteiger partial charge in [0.25, 0.3) is 0 Å². The monoisotopic (exact) mass is 203 g/mol. The van der Waals surface area contributed by atoms with E-state index < -0.39 is 11.5 Å². The van der Waals surface area contributed by atoms with Gasteiger partial charge in [-0.25, -0.2) is 0 Å². The SMILES string of the molecule is CC(C)(C(=O)O)N1CCOC(CO)C1. The largest absolute Gasteiger partial charge is 0.480 e. The third-order valence-corrected chi connectivity index (χ3v) is 2.66. The van der Waals surface area contributed by atoms with Crippen molar-refractivity contribution in [1.29, 1.82) is 0 Å². The highest BCUT2D eigenvalue weighted by molar-refractivity contribution is 5.77. The zero-order valence-corrected chi connectivity index (χ0v) is 8.56. The molecule has 0 saturated carbocycles. The van der Waals surface area contributed by atoms with Gasteiger partial charge in [-0.05, 0) is 13.8 Å². The van der Waals surface area contributed by atoms with E-state index in [2.05, 4.69) is 0 Å². The average molecular weight is 203 g/mol. The molecule has 1 fully saturated rings. The second kappa shape index (κ2) is 4.25. The lowest BCUT2D eigenvalue weighted by molar-refractivity contribution is -0.155. The molecule has 0 aromatic rings. The maximum absolute atomic E-state index is 11.0. The van der Waals surface area contributed by atoms with Gasteiger partial charge in [0.15, 0.2) is 0 Å². The second-order valence-corrected chi connectivity index (χ2v) is 3.99. The number of hydrogen-bond acceptors (Lipinski definition) is 4. The first kappa shape index (κ1) is 11.4. The highest BCUT2D eigenvalue weighted by atomic mass is 16.5. The van der Waals surface area contributed by atoms with E-state index in [1.54, 1.807) is 13.8 Å². The third-order valence-electron chi connectivity index (χ3n) is 2.66. The molecular formula is C9H17NO4. The lowest BCUT2D eigenvalue weighted by Gasteiger charge is -2.40. The van der Waals surface area contributed by atoms with E-state index in [-0.39, 0.29) is 12.7 Å². The van der Waals surface area contributed by atoms with E-state index in [9.17, 15) is 4.79 Å². The number of aliphatic carboxylic acids is 1. The van der Waals surface area contributed by atoms with Gasteiger partial charge in [-0.1, -0.05) is 0 Å². The van der Waals surface area contributed by atoms with E-state index in [4.69, 9.17) is 14.9 Å². The molecule has 0 bridgehead atoms. The fraction of sp³-hybridized carbons (Fsp3) is 0.889. The van der Waals surface area contributed by atoms with E-state index in [1.165, 1.54) is 0 Å². The highest BCUT2D eigenvalue weighted by Gasteiger charge is 2.37. The molecule has 0 radical (unpaired) electrons. The Labute approximate surface area is 83.3 Å². The van der Waals surface area contributed by atoms with Gasteiger partial charge in [-0.3, -0.25) is 9.69 Å². The summed E-state index contributed by atoms with van der Waals surface area (Å²) in [5, 5.41) is 17.9. The first-order valence-corrected chi connectivity index (χ1v) is 4.69. The zero-order valence-electron chi connectivity index (χ0n) is 8.56. The maximum Gasteiger partial charge on any atom is 0.323 e. The summed E-state index contributed by atoms with van der Waals surface area (Å²) in [6, 6.07) is 0. The van der Waals surface area contributed by atoms with Crippen LogP contribution in [0.4, 0.5) is 0 Å². The molecule has 1 heterocycles. The summed E-state index contributed by atoms with van der Waals surface area (Å²) >= 11 is 0. The third kappa shape index (κ3) is 2.23. The van der Waals surface area contributed by atoms with Crippen molar-refractivity contribution in [3.63, 3.8) is 0 Å². The Bertz CT molecular complexity index is 217. The molecule has 1 rings (SSSR count). The van der Waals surface area contributed by atoms with Gasteiger partial charge in [0.05, 0.1) is 19.3 Å². The molecule has 1 unspecified atom stereocenters. The number of aliphatic hydroxyl groups is 1. The lowest BCUT2D eigenvalue weighted by atomic mass is 10.0. The molecule has 1 saturated heterocycles. The van der Waals surface area contributed by atoms with Crippen LogP contribution >= 0.6 is 0 Å². The number of hydrogen-bond donors (Lipinski definition) is 2. The molecule has 14 heavy (non-hydrogen) atoms. The number of rotatable bonds is 3. The molecule has 0 aromatic heterocycles. The minimum atomic E-state index is -0.892. The van der Waals surface area contributed by atoms with Gasteiger partial charge in [-0.2, -0.15) is 0 Å². The van der Waals surface area contributed by atoms with Crippen molar-refractivity contribution in [2.45, 2.75) is 25.5 Å². The van der Waals surface area contributed by atoms with Gasteiger partial charge in [0.2, 0.25) is 0 Å². The molecule has 1 aliphatic heterocycles. The quantitative estimate of drug-likeness (QED) is 0.649. The predicted octanol–water partition coefficient (Wildman–Crippen LogP) is -0.457. The van der Waals surface area contributed by atoms with Crippen LogP contribution in [0.15, 0.2) is 0 Å². The lowest BCUT2D eigenvalue weighted by Crippen LogP contribution is -2.57. The Morgan fingerprint density at radius 3 is 2.79 bits per heavy atom. The Hall–Kier alpha value is -0.650. The van der Waals surface area contributed by atoms with Crippen LogP contribution in [-0.2, 0) is 9.53 Å². The molecule has 1 aliphatic rings. The minimum Gasteiger partial charge on any atom is -0.480 e. The number of morpholine rings is 1. The topological polar surface area (TPSA) is 70.0 Å². The molecule has 0 spiro atoms. The molecule has 82 valence electrons.